The topological polar surface area (TPSA) is 109 Å². The van der Waals surface area contributed by atoms with E-state index in [0.717, 1.165) is 24.1 Å². The molecule has 0 radical (unpaired) electrons. The lowest BCUT2D eigenvalue weighted by molar-refractivity contribution is 0.587. The summed E-state index contributed by atoms with van der Waals surface area (Å²) in [5.41, 5.74) is 2.65. The lowest BCUT2D eigenvalue weighted by Crippen LogP contribution is -2.23. The minimum Gasteiger partial charge on any atom is -0.323 e. The van der Waals surface area contributed by atoms with Crippen LogP contribution < -0.4 is 16.0 Å². The number of rotatable bonds is 6. The Kier molecular flexibility index (Phi) is 8.96. The minimum atomic E-state index is -3.50. The van der Waals surface area contributed by atoms with Gasteiger partial charge in [-0.15, -0.1) is 24.8 Å². The summed E-state index contributed by atoms with van der Waals surface area (Å²) in [6.45, 7) is 4.74. The first-order valence-corrected chi connectivity index (χ1v) is 11.5. The molecule has 4 rings (SSSR count). The number of nitrogens with one attached hydrogen (secondary N) is 3. The third-order valence-corrected chi connectivity index (χ3v) is 7.27. The monoisotopic (exact) mass is 514 g/mol. The number of halogens is 3. The molecule has 0 aliphatic carbocycles. The molecule has 0 atom stereocenters. The molecule has 2 heterocycles. The summed E-state index contributed by atoms with van der Waals surface area (Å²) in [5, 5.41) is 8.48. The normalized spacial score (nSPS) is 12.8. The van der Waals surface area contributed by atoms with Crippen LogP contribution in [-0.2, 0) is 22.8 Å². The van der Waals surface area contributed by atoms with E-state index in [-0.39, 0.29) is 47.3 Å². The van der Waals surface area contributed by atoms with E-state index < -0.39 is 20.9 Å². The standard InChI is InChI=1S/C21H23FN6O2S.2ClH/c1-13(2)31(29,30)19-6-4-3-5-17(19)26-20-24-12-25-21(28-20)27-18-10-14-7-8-23-11-15(14)9-16(18)22;;/h3-6,9-10,12-13,23H,7-8,11H2,1-2H3,(H2,24,25,26,27,28);2*1H. The van der Waals surface area contributed by atoms with Gasteiger partial charge >= 0.3 is 0 Å². The van der Waals surface area contributed by atoms with Crippen LogP contribution >= 0.6 is 24.8 Å². The number of aromatic nitrogens is 3. The Morgan fingerprint density at radius 2 is 1.67 bits per heavy atom. The summed E-state index contributed by atoms with van der Waals surface area (Å²) in [6.07, 6.45) is 2.09. The molecular formula is C21H25Cl2FN6O2S. The second-order valence-corrected chi connectivity index (χ2v) is 9.97. The van der Waals surface area contributed by atoms with E-state index in [4.69, 9.17) is 0 Å². The van der Waals surface area contributed by atoms with Gasteiger partial charge in [0.2, 0.25) is 11.9 Å². The summed E-state index contributed by atoms with van der Waals surface area (Å²) >= 11 is 0. The molecule has 3 aromatic rings. The Hall–Kier alpha value is -2.53. The summed E-state index contributed by atoms with van der Waals surface area (Å²) in [7, 11) is -3.50. The van der Waals surface area contributed by atoms with E-state index in [9.17, 15) is 12.8 Å². The number of para-hydroxylation sites is 1. The minimum absolute atomic E-state index is 0. The first-order chi connectivity index (χ1) is 14.8. The van der Waals surface area contributed by atoms with Gasteiger partial charge in [-0.2, -0.15) is 4.98 Å². The van der Waals surface area contributed by atoms with Crippen LogP contribution in [0.25, 0.3) is 0 Å². The molecule has 0 bridgehead atoms. The zero-order chi connectivity index (χ0) is 22.0. The number of fused-ring (bicyclic) bond motifs is 1. The lowest BCUT2D eigenvalue weighted by atomic mass is 10.00. The van der Waals surface area contributed by atoms with Gasteiger partial charge < -0.3 is 16.0 Å². The molecule has 12 heteroatoms. The van der Waals surface area contributed by atoms with Gasteiger partial charge in [0.05, 0.1) is 21.5 Å². The average molecular weight is 515 g/mol. The second kappa shape index (κ2) is 11.1. The van der Waals surface area contributed by atoms with Gasteiger partial charge in [0.25, 0.3) is 0 Å². The molecule has 1 aromatic heterocycles. The van der Waals surface area contributed by atoms with E-state index >= 15 is 0 Å². The Morgan fingerprint density at radius 3 is 2.36 bits per heavy atom. The van der Waals surface area contributed by atoms with Gasteiger partial charge in [-0.1, -0.05) is 12.1 Å². The van der Waals surface area contributed by atoms with Crippen LogP contribution in [0, 0.1) is 5.82 Å². The molecule has 2 aromatic carbocycles. The molecule has 0 saturated heterocycles. The quantitative estimate of drug-likeness (QED) is 0.449. The zero-order valence-electron chi connectivity index (χ0n) is 18.0. The largest absolute Gasteiger partial charge is 0.323 e. The van der Waals surface area contributed by atoms with E-state index in [1.165, 1.54) is 18.5 Å². The number of nitrogens with zero attached hydrogens (tertiary/aromatic N) is 3. The van der Waals surface area contributed by atoms with Crippen molar-refractivity contribution >= 4 is 57.9 Å². The predicted molar refractivity (Wildman–Crippen MR) is 131 cm³/mol. The average Bonchev–Trinajstić information content (AvgIpc) is 2.75. The highest BCUT2D eigenvalue weighted by molar-refractivity contribution is 7.92. The van der Waals surface area contributed by atoms with E-state index in [0.29, 0.717) is 12.2 Å². The Bertz CT molecular complexity index is 1230. The van der Waals surface area contributed by atoms with E-state index in [2.05, 4.69) is 30.9 Å². The first-order valence-electron chi connectivity index (χ1n) is 9.92. The lowest BCUT2D eigenvalue weighted by Gasteiger charge is -2.19. The summed E-state index contributed by atoms with van der Waals surface area (Å²) < 4.78 is 39.8. The van der Waals surface area contributed by atoms with Gasteiger partial charge in [-0.25, -0.2) is 22.8 Å². The van der Waals surface area contributed by atoms with Crippen LogP contribution in [0.15, 0.2) is 47.6 Å². The number of anilines is 4. The van der Waals surface area contributed by atoms with Crippen molar-refractivity contribution in [1.82, 2.24) is 20.3 Å². The van der Waals surface area contributed by atoms with Gasteiger partial charge in [0.15, 0.2) is 9.84 Å². The maximum absolute atomic E-state index is 14.5. The Balaban J connectivity index is 0.00000193. The third-order valence-electron chi connectivity index (χ3n) is 5.05. The van der Waals surface area contributed by atoms with Crippen LogP contribution in [0.3, 0.4) is 0 Å². The molecule has 33 heavy (non-hydrogen) atoms. The highest BCUT2D eigenvalue weighted by Gasteiger charge is 2.23. The van der Waals surface area contributed by atoms with Gasteiger partial charge in [-0.05, 0) is 62.2 Å². The molecular weight excluding hydrogens is 490 g/mol. The van der Waals surface area contributed by atoms with Gasteiger partial charge in [0.1, 0.15) is 12.1 Å². The smallest absolute Gasteiger partial charge is 0.232 e. The fourth-order valence-electron chi connectivity index (χ4n) is 3.33. The Morgan fingerprint density at radius 1 is 1.00 bits per heavy atom. The van der Waals surface area contributed by atoms with Crippen molar-refractivity contribution in [3.05, 3.63) is 59.7 Å². The van der Waals surface area contributed by atoms with Gasteiger partial charge in [-0.3, -0.25) is 0 Å². The molecule has 0 spiro atoms. The van der Waals surface area contributed by atoms with Crippen LogP contribution in [-0.4, -0.2) is 35.2 Å². The summed E-state index contributed by atoms with van der Waals surface area (Å²) in [5.74, 6) is -0.105. The molecule has 0 amide bonds. The SMILES string of the molecule is CC(C)S(=O)(=O)c1ccccc1Nc1ncnc(Nc2cc3c(cc2F)CNCC3)n1.Cl.Cl. The molecule has 0 fully saturated rings. The summed E-state index contributed by atoms with van der Waals surface area (Å²) in [4.78, 5) is 12.6. The highest BCUT2D eigenvalue weighted by Crippen LogP contribution is 2.28. The maximum atomic E-state index is 14.5. The molecule has 1 aliphatic rings. The number of benzene rings is 2. The van der Waals surface area contributed by atoms with Crippen molar-refractivity contribution in [1.29, 1.82) is 0 Å². The van der Waals surface area contributed by atoms with Crippen LogP contribution in [0.1, 0.15) is 25.0 Å². The first kappa shape index (κ1) is 26.7. The van der Waals surface area contributed by atoms with Crippen LogP contribution in [0.4, 0.5) is 27.7 Å². The molecule has 1 aliphatic heterocycles. The molecule has 8 nitrogen and oxygen atoms in total. The van der Waals surface area contributed by atoms with E-state index in [1.807, 2.05) is 0 Å². The number of hydrogen-bond donors (Lipinski definition) is 3. The fraction of sp³-hybridized carbons (Fsp3) is 0.286. The van der Waals surface area contributed by atoms with Crippen molar-refractivity contribution < 1.29 is 12.8 Å². The maximum Gasteiger partial charge on any atom is 0.232 e. The predicted octanol–water partition coefficient (Wildman–Crippen LogP) is 4.17. The number of sulfone groups is 1. The third kappa shape index (κ3) is 5.89. The van der Waals surface area contributed by atoms with Crippen molar-refractivity contribution in [2.45, 2.75) is 37.0 Å². The Labute approximate surface area is 204 Å². The van der Waals surface area contributed by atoms with Crippen molar-refractivity contribution in [3.8, 4) is 0 Å². The fourth-order valence-corrected chi connectivity index (χ4v) is 4.53. The van der Waals surface area contributed by atoms with Crippen molar-refractivity contribution in [3.63, 3.8) is 0 Å². The highest BCUT2D eigenvalue weighted by atomic mass is 35.5. The molecule has 0 unspecified atom stereocenters. The molecule has 0 saturated carbocycles. The zero-order valence-corrected chi connectivity index (χ0v) is 20.5. The second-order valence-electron chi connectivity index (χ2n) is 7.50. The van der Waals surface area contributed by atoms with Gasteiger partial charge in [0, 0.05) is 6.54 Å². The van der Waals surface area contributed by atoms with Crippen LogP contribution in [0.5, 0.6) is 0 Å². The molecule has 3 N–H and O–H groups in total. The van der Waals surface area contributed by atoms with E-state index in [1.54, 1.807) is 38.1 Å². The van der Waals surface area contributed by atoms with Crippen molar-refractivity contribution in [2.75, 3.05) is 17.2 Å². The molecule has 178 valence electrons. The summed E-state index contributed by atoms with van der Waals surface area (Å²) in [6, 6.07) is 9.84. The number of hydrogen-bond acceptors (Lipinski definition) is 8. The van der Waals surface area contributed by atoms with Crippen LogP contribution in [0.2, 0.25) is 0 Å². The van der Waals surface area contributed by atoms with Crippen molar-refractivity contribution in [2.24, 2.45) is 0 Å².